The van der Waals surface area contributed by atoms with E-state index in [9.17, 15) is 14.9 Å². The SMILES string of the molecule is C[Si](C)(C)C(c1ccc([N+](=O)[O-])cc1)C1CCCCC1=O. The van der Waals surface area contributed by atoms with Crippen molar-refractivity contribution in [3.8, 4) is 0 Å². The average Bonchev–Trinajstić information content (AvgIpc) is 2.40. The van der Waals surface area contributed by atoms with E-state index in [1.807, 2.05) is 12.1 Å². The molecular formula is C16H23NO3Si. The maximum absolute atomic E-state index is 12.3. The van der Waals surface area contributed by atoms with Crippen LogP contribution in [0.15, 0.2) is 24.3 Å². The minimum atomic E-state index is -1.59. The summed E-state index contributed by atoms with van der Waals surface area (Å²) in [5.74, 6) is 0.485. The van der Waals surface area contributed by atoms with Crippen LogP contribution in [0.3, 0.4) is 0 Å². The third-order valence-electron chi connectivity index (χ3n) is 4.40. The number of carbonyl (C=O) groups is 1. The van der Waals surface area contributed by atoms with E-state index in [-0.39, 0.29) is 22.1 Å². The number of ketones is 1. The number of hydrogen-bond acceptors (Lipinski definition) is 3. The van der Waals surface area contributed by atoms with Crippen LogP contribution in [0.1, 0.15) is 36.8 Å². The molecule has 2 atom stereocenters. The summed E-state index contributed by atoms with van der Waals surface area (Å²) >= 11 is 0. The summed E-state index contributed by atoms with van der Waals surface area (Å²) in [6, 6.07) is 6.83. The molecule has 2 unspecified atom stereocenters. The Bertz CT molecular complexity index is 533. The standard InChI is InChI=1S/C16H23NO3Si/c1-21(2,3)16(14-6-4-5-7-15(14)18)12-8-10-13(11-9-12)17(19)20/h8-11,14,16H,4-7H2,1-3H3. The van der Waals surface area contributed by atoms with E-state index in [1.54, 1.807) is 12.1 Å². The summed E-state index contributed by atoms with van der Waals surface area (Å²) in [6.45, 7) is 6.84. The molecule has 0 bridgehead atoms. The molecular weight excluding hydrogens is 282 g/mol. The Morgan fingerprint density at radius 2 is 1.81 bits per heavy atom. The summed E-state index contributed by atoms with van der Waals surface area (Å²) < 4.78 is 0. The van der Waals surface area contributed by atoms with Crippen molar-refractivity contribution in [2.45, 2.75) is 50.9 Å². The molecule has 1 aromatic carbocycles. The van der Waals surface area contributed by atoms with Crippen molar-refractivity contribution in [1.29, 1.82) is 0 Å². The molecule has 1 aliphatic carbocycles. The lowest BCUT2D eigenvalue weighted by atomic mass is 9.83. The fourth-order valence-corrected chi connectivity index (χ4v) is 6.25. The van der Waals surface area contributed by atoms with E-state index < -0.39 is 8.07 Å². The van der Waals surface area contributed by atoms with E-state index in [1.165, 1.54) is 0 Å². The van der Waals surface area contributed by atoms with E-state index in [2.05, 4.69) is 19.6 Å². The van der Waals surface area contributed by atoms with Gasteiger partial charge >= 0.3 is 0 Å². The third kappa shape index (κ3) is 3.58. The zero-order valence-corrected chi connectivity index (χ0v) is 14.0. The van der Waals surface area contributed by atoms with Gasteiger partial charge in [0.15, 0.2) is 0 Å². The Balaban J connectivity index is 2.36. The molecule has 0 aromatic heterocycles. The van der Waals surface area contributed by atoms with Gasteiger partial charge in [-0.1, -0.05) is 38.2 Å². The lowest BCUT2D eigenvalue weighted by molar-refractivity contribution is -0.384. The lowest BCUT2D eigenvalue weighted by Crippen LogP contribution is -2.40. The predicted molar refractivity (Wildman–Crippen MR) is 86.1 cm³/mol. The highest BCUT2D eigenvalue weighted by molar-refractivity contribution is 6.77. The topological polar surface area (TPSA) is 60.2 Å². The first kappa shape index (κ1) is 15.9. The molecule has 1 fully saturated rings. The first-order chi connectivity index (χ1) is 9.80. The van der Waals surface area contributed by atoms with Crippen molar-refractivity contribution >= 4 is 19.5 Å². The average molecular weight is 305 g/mol. The van der Waals surface area contributed by atoms with Crippen LogP contribution in [-0.2, 0) is 4.79 Å². The van der Waals surface area contributed by atoms with Gasteiger partial charge in [-0.25, -0.2) is 0 Å². The Labute approximate surface area is 126 Å². The van der Waals surface area contributed by atoms with Gasteiger partial charge in [-0.3, -0.25) is 14.9 Å². The number of Topliss-reactive ketones (excluding diaryl/α,β-unsaturated/α-hetero) is 1. The minimum absolute atomic E-state index is 0.104. The maximum atomic E-state index is 12.3. The van der Waals surface area contributed by atoms with Crippen LogP contribution in [0.4, 0.5) is 5.69 Å². The molecule has 1 saturated carbocycles. The lowest BCUT2D eigenvalue weighted by Gasteiger charge is -2.37. The van der Waals surface area contributed by atoms with Crippen molar-refractivity contribution in [2.75, 3.05) is 0 Å². The maximum Gasteiger partial charge on any atom is 0.269 e. The van der Waals surface area contributed by atoms with Crippen molar-refractivity contribution in [3.63, 3.8) is 0 Å². The molecule has 21 heavy (non-hydrogen) atoms. The van der Waals surface area contributed by atoms with Crippen LogP contribution >= 0.6 is 0 Å². The van der Waals surface area contributed by atoms with Gasteiger partial charge in [0.1, 0.15) is 5.78 Å². The fourth-order valence-electron chi connectivity index (χ4n) is 3.50. The molecule has 0 radical (unpaired) electrons. The number of rotatable bonds is 4. The molecule has 0 N–H and O–H groups in total. The fraction of sp³-hybridized carbons (Fsp3) is 0.562. The second-order valence-electron chi connectivity index (χ2n) is 7.01. The highest BCUT2D eigenvalue weighted by Crippen LogP contribution is 2.40. The van der Waals surface area contributed by atoms with Crippen molar-refractivity contribution in [3.05, 3.63) is 39.9 Å². The van der Waals surface area contributed by atoms with E-state index >= 15 is 0 Å². The van der Waals surface area contributed by atoms with E-state index in [0.29, 0.717) is 12.2 Å². The number of benzene rings is 1. The quantitative estimate of drug-likeness (QED) is 0.473. The van der Waals surface area contributed by atoms with Gasteiger partial charge in [0.2, 0.25) is 0 Å². The second kappa shape index (κ2) is 6.09. The van der Waals surface area contributed by atoms with Crippen molar-refractivity contribution in [1.82, 2.24) is 0 Å². The first-order valence-corrected chi connectivity index (χ1v) is 11.2. The van der Waals surface area contributed by atoms with Crippen LogP contribution in [0.25, 0.3) is 0 Å². The summed E-state index contributed by atoms with van der Waals surface area (Å²) in [4.78, 5) is 22.8. The highest BCUT2D eigenvalue weighted by atomic mass is 28.3. The molecule has 114 valence electrons. The number of carbonyl (C=O) groups excluding carboxylic acids is 1. The van der Waals surface area contributed by atoms with Crippen molar-refractivity contribution in [2.24, 2.45) is 5.92 Å². The molecule has 4 nitrogen and oxygen atoms in total. The normalized spacial score (nSPS) is 21.1. The van der Waals surface area contributed by atoms with Gasteiger partial charge < -0.3 is 0 Å². The summed E-state index contributed by atoms with van der Waals surface area (Å²) in [5, 5.41) is 10.8. The van der Waals surface area contributed by atoms with Gasteiger partial charge in [-0.05, 0) is 23.9 Å². The first-order valence-electron chi connectivity index (χ1n) is 7.58. The number of non-ortho nitro benzene ring substituents is 1. The van der Waals surface area contributed by atoms with Crippen LogP contribution in [0.5, 0.6) is 0 Å². The minimum Gasteiger partial charge on any atom is -0.299 e. The zero-order chi connectivity index (χ0) is 15.6. The second-order valence-corrected chi connectivity index (χ2v) is 12.4. The van der Waals surface area contributed by atoms with Crippen LogP contribution in [-0.4, -0.2) is 18.8 Å². The van der Waals surface area contributed by atoms with Crippen LogP contribution in [0, 0.1) is 16.0 Å². The summed E-state index contributed by atoms with van der Waals surface area (Å²) in [6.07, 6.45) is 3.78. The Morgan fingerprint density at radius 3 is 2.29 bits per heavy atom. The van der Waals surface area contributed by atoms with E-state index in [4.69, 9.17) is 0 Å². The Morgan fingerprint density at radius 1 is 1.19 bits per heavy atom. The molecule has 0 aliphatic heterocycles. The molecule has 0 amide bonds. The van der Waals surface area contributed by atoms with Gasteiger partial charge in [-0.15, -0.1) is 0 Å². The number of nitro benzene ring substituents is 1. The van der Waals surface area contributed by atoms with Gasteiger partial charge in [-0.2, -0.15) is 0 Å². The van der Waals surface area contributed by atoms with Gasteiger partial charge in [0, 0.05) is 24.5 Å². The highest BCUT2D eigenvalue weighted by Gasteiger charge is 2.39. The van der Waals surface area contributed by atoms with Gasteiger partial charge in [0.05, 0.1) is 13.0 Å². The smallest absolute Gasteiger partial charge is 0.269 e. The molecule has 0 saturated heterocycles. The molecule has 1 aromatic rings. The number of hydrogen-bond donors (Lipinski definition) is 0. The molecule has 1 aliphatic rings. The van der Waals surface area contributed by atoms with E-state index in [0.717, 1.165) is 24.8 Å². The Hall–Kier alpha value is -1.49. The monoisotopic (exact) mass is 305 g/mol. The van der Waals surface area contributed by atoms with Crippen LogP contribution < -0.4 is 0 Å². The Kier molecular flexibility index (Phi) is 4.61. The molecule has 5 heteroatoms. The molecule has 0 heterocycles. The van der Waals surface area contributed by atoms with Crippen LogP contribution in [0.2, 0.25) is 19.6 Å². The number of nitro groups is 1. The van der Waals surface area contributed by atoms with Gasteiger partial charge in [0.25, 0.3) is 5.69 Å². The van der Waals surface area contributed by atoms with Crippen molar-refractivity contribution < 1.29 is 9.72 Å². The summed E-state index contributed by atoms with van der Waals surface area (Å²) in [7, 11) is -1.59. The molecule has 2 rings (SSSR count). The largest absolute Gasteiger partial charge is 0.299 e. The zero-order valence-electron chi connectivity index (χ0n) is 13.0. The number of nitrogens with zero attached hydrogens (tertiary/aromatic N) is 1. The predicted octanol–water partition coefficient (Wildman–Crippen LogP) is 4.32. The molecule has 0 spiro atoms. The third-order valence-corrected chi connectivity index (χ3v) is 7.00. The summed E-state index contributed by atoms with van der Waals surface area (Å²) in [5.41, 5.74) is 1.47.